The molecule has 6 nitrogen and oxygen atoms in total. The summed E-state index contributed by atoms with van der Waals surface area (Å²) in [5.74, 6) is 0. The number of carbonyl (C=O) groups is 1. The van der Waals surface area contributed by atoms with Crippen molar-refractivity contribution in [2.24, 2.45) is 11.5 Å². The monoisotopic (exact) mass is 203 g/mol. The number of hydrogen-bond donors (Lipinski definition) is 4. The standard InChI is InChI=1S/C8H21N5O/c1-11-8(14)12-13(6-2-4-9)7-3-5-10/h2-7,9-10H2,1H3,(H2,11,12,14). The molecule has 2 amide bonds. The van der Waals surface area contributed by atoms with E-state index in [-0.39, 0.29) is 6.03 Å². The van der Waals surface area contributed by atoms with Crippen LogP contribution >= 0.6 is 0 Å². The molecule has 0 spiro atoms. The smallest absolute Gasteiger partial charge is 0.329 e. The van der Waals surface area contributed by atoms with E-state index in [0.717, 1.165) is 25.9 Å². The molecule has 0 aromatic rings. The SMILES string of the molecule is CNC(=O)NN(CCCN)CCCN. The highest BCUT2D eigenvalue weighted by molar-refractivity contribution is 5.72. The van der Waals surface area contributed by atoms with Gasteiger partial charge in [0.2, 0.25) is 0 Å². The van der Waals surface area contributed by atoms with Crippen molar-refractivity contribution in [2.45, 2.75) is 12.8 Å². The maximum absolute atomic E-state index is 11.0. The van der Waals surface area contributed by atoms with Gasteiger partial charge in [-0.2, -0.15) is 0 Å². The summed E-state index contributed by atoms with van der Waals surface area (Å²) in [5, 5.41) is 4.33. The van der Waals surface area contributed by atoms with Crippen LogP contribution in [0, 0.1) is 0 Å². The van der Waals surface area contributed by atoms with E-state index in [1.807, 2.05) is 5.01 Å². The quantitative estimate of drug-likeness (QED) is 0.392. The lowest BCUT2D eigenvalue weighted by atomic mass is 10.3. The van der Waals surface area contributed by atoms with Crippen LogP contribution in [0.3, 0.4) is 0 Å². The summed E-state index contributed by atoms with van der Waals surface area (Å²) < 4.78 is 0. The summed E-state index contributed by atoms with van der Waals surface area (Å²) in [6.07, 6.45) is 1.71. The maximum Gasteiger partial charge on any atom is 0.329 e. The van der Waals surface area contributed by atoms with Crippen LogP contribution in [0.25, 0.3) is 0 Å². The highest BCUT2D eigenvalue weighted by Gasteiger charge is 2.05. The molecule has 0 unspecified atom stereocenters. The van der Waals surface area contributed by atoms with Gasteiger partial charge in [-0.25, -0.2) is 9.80 Å². The molecule has 0 aromatic heterocycles. The van der Waals surface area contributed by atoms with Crippen LogP contribution < -0.4 is 22.2 Å². The molecule has 0 atom stereocenters. The normalized spacial score (nSPS) is 10.3. The molecule has 6 heteroatoms. The zero-order valence-electron chi connectivity index (χ0n) is 8.75. The van der Waals surface area contributed by atoms with Crippen molar-refractivity contribution in [3.8, 4) is 0 Å². The fraction of sp³-hybridized carbons (Fsp3) is 0.875. The minimum absolute atomic E-state index is 0.209. The molecule has 0 fully saturated rings. The molecule has 0 heterocycles. The van der Waals surface area contributed by atoms with E-state index in [2.05, 4.69) is 10.7 Å². The lowest BCUT2D eigenvalue weighted by Gasteiger charge is -2.22. The average molecular weight is 203 g/mol. The van der Waals surface area contributed by atoms with Gasteiger partial charge in [0.25, 0.3) is 0 Å². The largest absolute Gasteiger partial charge is 0.340 e. The molecule has 14 heavy (non-hydrogen) atoms. The highest BCUT2D eigenvalue weighted by atomic mass is 16.2. The van der Waals surface area contributed by atoms with Crippen LogP contribution in [0.1, 0.15) is 12.8 Å². The lowest BCUT2D eigenvalue weighted by molar-refractivity contribution is 0.176. The van der Waals surface area contributed by atoms with E-state index < -0.39 is 0 Å². The second kappa shape index (κ2) is 8.74. The number of rotatable bonds is 7. The number of nitrogens with two attached hydrogens (primary N) is 2. The number of hydrogen-bond acceptors (Lipinski definition) is 4. The third kappa shape index (κ3) is 6.64. The molecule has 0 saturated carbocycles. The Kier molecular flexibility index (Phi) is 8.20. The second-order valence-electron chi connectivity index (χ2n) is 2.96. The summed E-state index contributed by atoms with van der Waals surface area (Å²) in [6, 6.07) is -0.209. The third-order valence-corrected chi connectivity index (χ3v) is 1.75. The first-order valence-corrected chi connectivity index (χ1v) is 4.88. The number of nitrogens with zero attached hydrogens (tertiary/aromatic N) is 1. The van der Waals surface area contributed by atoms with Crippen molar-refractivity contribution >= 4 is 6.03 Å². The van der Waals surface area contributed by atoms with Gasteiger partial charge in [0.05, 0.1) is 0 Å². The van der Waals surface area contributed by atoms with Gasteiger partial charge >= 0.3 is 6.03 Å². The molecular formula is C8H21N5O. The molecule has 0 radical (unpaired) electrons. The van der Waals surface area contributed by atoms with Crippen LogP contribution in [-0.2, 0) is 0 Å². The van der Waals surface area contributed by atoms with Gasteiger partial charge < -0.3 is 16.8 Å². The summed E-state index contributed by atoms with van der Waals surface area (Å²) >= 11 is 0. The fourth-order valence-electron chi connectivity index (χ4n) is 0.987. The van der Waals surface area contributed by atoms with Gasteiger partial charge in [0.1, 0.15) is 0 Å². The third-order valence-electron chi connectivity index (χ3n) is 1.75. The number of amides is 2. The molecule has 0 saturated heterocycles. The van der Waals surface area contributed by atoms with Gasteiger partial charge in [-0.3, -0.25) is 5.43 Å². The van der Waals surface area contributed by atoms with E-state index in [1.54, 1.807) is 7.05 Å². The average Bonchev–Trinajstić information content (AvgIpc) is 2.21. The van der Waals surface area contributed by atoms with Gasteiger partial charge in [-0.1, -0.05) is 0 Å². The van der Waals surface area contributed by atoms with Gasteiger partial charge in [0, 0.05) is 20.1 Å². The maximum atomic E-state index is 11.0. The van der Waals surface area contributed by atoms with E-state index >= 15 is 0 Å². The molecule has 0 aromatic carbocycles. The van der Waals surface area contributed by atoms with Crippen molar-refractivity contribution in [1.29, 1.82) is 0 Å². The summed E-state index contributed by atoms with van der Waals surface area (Å²) in [6.45, 7) is 2.75. The Morgan fingerprint density at radius 1 is 1.21 bits per heavy atom. The second-order valence-corrected chi connectivity index (χ2v) is 2.96. The topological polar surface area (TPSA) is 96.4 Å². The van der Waals surface area contributed by atoms with Crippen LogP contribution in [0.2, 0.25) is 0 Å². The highest BCUT2D eigenvalue weighted by Crippen LogP contribution is 1.88. The summed E-state index contributed by atoms with van der Waals surface area (Å²) in [4.78, 5) is 11.0. The predicted octanol–water partition coefficient (Wildman–Crippen LogP) is -1.17. The zero-order valence-corrected chi connectivity index (χ0v) is 8.75. The first-order valence-electron chi connectivity index (χ1n) is 4.88. The van der Waals surface area contributed by atoms with Gasteiger partial charge in [0.15, 0.2) is 0 Å². The molecule has 0 aliphatic carbocycles. The molecule has 0 bridgehead atoms. The number of urea groups is 1. The van der Waals surface area contributed by atoms with Crippen molar-refractivity contribution in [3.05, 3.63) is 0 Å². The molecular weight excluding hydrogens is 182 g/mol. The summed E-state index contributed by atoms with van der Waals surface area (Å²) in [7, 11) is 1.58. The van der Waals surface area contributed by atoms with Gasteiger partial charge in [-0.15, -0.1) is 0 Å². The summed E-state index contributed by atoms with van der Waals surface area (Å²) in [5.41, 5.74) is 13.5. The Morgan fingerprint density at radius 3 is 2.07 bits per heavy atom. The predicted molar refractivity (Wildman–Crippen MR) is 56.5 cm³/mol. The molecule has 0 aliphatic heterocycles. The van der Waals surface area contributed by atoms with E-state index in [1.165, 1.54) is 0 Å². The van der Waals surface area contributed by atoms with Crippen LogP contribution in [0.5, 0.6) is 0 Å². The van der Waals surface area contributed by atoms with Crippen LogP contribution in [-0.4, -0.2) is 44.3 Å². The van der Waals surface area contributed by atoms with Crippen molar-refractivity contribution in [1.82, 2.24) is 15.8 Å². The Hall–Kier alpha value is -0.850. The number of carbonyl (C=O) groups excluding carboxylic acids is 1. The molecule has 6 N–H and O–H groups in total. The Bertz CT molecular complexity index is 145. The van der Waals surface area contributed by atoms with E-state index in [4.69, 9.17) is 11.5 Å². The van der Waals surface area contributed by atoms with E-state index in [0.29, 0.717) is 13.1 Å². The number of nitrogens with one attached hydrogen (secondary N) is 2. The minimum atomic E-state index is -0.209. The fourth-order valence-corrected chi connectivity index (χ4v) is 0.987. The van der Waals surface area contributed by atoms with Crippen LogP contribution in [0.15, 0.2) is 0 Å². The lowest BCUT2D eigenvalue weighted by Crippen LogP contribution is -2.47. The van der Waals surface area contributed by atoms with E-state index in [9.17, 15) is 4.79 Å². The van der Waals surface area contributed by atoms with Crippen molar-refractivity contribution in [2.75, 3.05) is 33.2 Å². The first-order chi connectivity index (χ1) is 6.74. The zero-order chi connectivity index (χ0) is 10.8. The minimum Gasteiger partial charge on any atom is -0.340 e. The molecule has 0 aliphatic rings. The molecule has 0 rings (SSSR count). The Balaban J connectivity index is 3.77. The Labute approximate surface area is 85.0 Å². The van der Waals surface area contributed by atoms with Crippen LogP contribution in [0.4, 0.5) is 4.79 Å². The van der Waals surface area contributed by atoms with Gasteiger partial charge in [-0.05, 0) is 25.9 Å². The van der Waals surface area contributed by atoms with Crippen molar-refractivity contribution < 1.29 is 4.79 Å². The first kappa shape index (κ1) is 13.2. The molecule has 84 valence electrons. The number of hydrazine groups is 1. The van der Waals surface area contributed by atoms with Crippen molar-refractivity contribution in [3.63, 3.8) is 0 Å². The Morgan fingerprint density at radius 2 is 1.71 bits per heavy atom.